The zero-order valence-electron chi connectivity index (χ0n) is 11.9. The molecule has 4 heteroatoms. The molecule has 0 radical (unpaired) electrons. The molecule has 2 aromatic rings. The number of imidazole rings is 1. The van der Waals surface area contributed by atoms with Crippen LogP contribution in [0.25, 0.3) is 0 Å². The lowest BCUT2D eigenvalue weighted by Gasteiger charge is -2.22. The molecule has 4 nitrogen and oxygen atoms in total. The fraction of sp³-hybridized carbons (Fsp3) is 0.438. The van der Waals surface area contributed by atoms with E-state index in [0.29, 0.717) is 6.61 Å². The summed E-state index contributed by atoms with van der Waals surface area (Å²) in [6.07, 6.45) is 7.17. The molecule has 1 aliphatic rings. The number of aromatic nitrogens is 2. The van der Waals surface area contributed by atoms with Crippen LogP contribution < -0.4 is 10.5 Å². The van der Waals surface area contributed by atoms with Gasteiger partial charge in [-0.25, -0.2) is 4.98 Å². The first-order valence-electron chi connectivity index (χ1n) is 7.23. The van der Waals surface area contributed by atoms with Gasteiger partial charge in [-0.15, -0.1) is 0 Å². The number of nitrogens with zero attached hydrogens (tertiary/aromatic N) is 2. The highest BCUT2D eigenvalue weighted by molar-refractivity contribution is 5.38. The number of hydrogen-bond donors (Lipinski definition) is 1. The van der Waals surface area contributed by atoms with Crippen LogP contribution in [0.2, 0.25) is 0 Å². The summed E-state index contributed by atoms with van der Waals surface area (Å²) in [4.78, 5) is 4.20. The molecule has 1 atom stereocenters. The molecular weight excluding hydrogens is 250 g/mol. The molecule has 0 saturated carbocycles. The maximum atomic E-state index is 6.13. The minimum absolute atomic E-state index is 0.196. The van der Waals surface area contributed by atoms with Crippen LogP contribution in [-0.2, 0) is 13.0 Å². The molecule has 0 spiro atoms. The SMILES string of the molecule is Cc1nccn1CCOc1ccc2c(c1)CCCC2N. The lowest BCUT2D eigenvalue weighted by Crippen LogP contribution is -2.17. The van der Waals surface area contributed by atoms with Crippen LogP contribution in [0.4, 0.5) is 0 Å². The van der Waals surface area contributed by atoms with Gasteiger partial charge in [0.1, 0.15) is 18.2 Å². The van der Waals surface area contributed by atoms with Crippen molar-refractivity contribution < 1.29 is 4.74 Å². The van der Waals surface area contributed by atoms with E-state index in [1.165, 1.54) is 17.5 Å². The fourth-order valence-electron chi connectivity index (χ4n) is 2.82. The van der Waals surface area contributed by atoms with Crippen molar-refractivity contribution in [3.63, 3.8) is 0 Å². The number of fused-ring (bicyclic) bond motifs is 1. The van der Waals surface area contributed by atoms with Crippen LogP contribution in [0.15, 0.2) is 30.6 Å². The third-order valence-corrected chi connectivity index (χ3v) is 4.00. The number of nitrogens with two attached hydrogens (primary N) is 1. The summed E-state index contributed by atoms with van der Waals surface area (Å²) in [7, 11) is 0. The molecule has 1 heterocycles. The van der Waals surface area contributed by atoms with E-state index < -0.39 is 0 Å². The largest absolute Gasteiger partial charge is 0.492 e. The van der Waals surface area contributed by atoms with Crippen molar-refractivity contribution >= 4 is 0 Å². The first-order valence-corrected chi connectivity index (χ1v) is 7.23. The normalized spacial score (nSPS) is 17.8. The fourth-order valence-corrected chi connectivity index (χ4v) is 2.82. The second-order valence-corrected chi connectivity index (χ2v) is 5.38. The van der Waals surface area contributed by atoms with E-state index in [1.807, 2.05) is 25.4 Å². The second-order valence-electron chi connectivity index (χ2n) is 5.38. The summed E-state index contributed by atoms with van der Waals surface area (Å²) in [6, 6.07) is 6.50. The Balaban J connectivity index is 1.62. The molecule has 1 unspecified atom stereocenters. The molecule has 1 aromatic carbocycles. The lowest BCUT2D eigenvalue weighted by molar-refractivity contribution is 0.296. The lowest BCUT2D eigenvalue weighted by atomic mass is 9.88. The molecule has 106 valence electrons. The number of ether oxygens (including phenoxy) is 1. The highest BCUT2D eigenvalue weighted by Gasteiger charge is 2.16. The summed E-state index contributed by atoms with van der Waals surface area (Å²) >= 11 is 0. The zero-order valence-corrected chi connectivity index (χ0v) is 11.9. The van der Waals surface area contributed by atoms with Gasteiger partial charge in [0.05, 0.1) is 6.54 Å². The van der Waals surface area contributed by atoms with Crippen molar-refractivity contribution in [1.29, 1.82) is 0 Å². The summed E-state index contributed by atoms with van der Waals surface area (Å²) < 4.78 is 7.94. The second kappa shape index (κ2) is 5.67. The highest BCUT2D eigenvalue weighted by Crippen LogP contribution is 2.30. The minimum atomic E-state index is 0.196. The molecule has 3 rings (SSSR count). The summed E-state index contributed by atoms with van der Waals surface area (Å²) in [5.41, 5.74) is 8.76. The van der Waals surface area contributed by atoms with Gasteiger partial charge in [0.15, 0.2) is 0 Å². The van der Waals surface area contributed by atoms with E-state index in [9.17, 15) is 0 Å². The smallest absolute Gasteiger partial charge is 0.119 e. The standard InChI is InChI=1S/C16H21N3O/c1-12-18-7-8-19(12)9-10-20-14-5-6-15-13(11-14)3-2-4-16(15)17/h5-8,11,16H,2-4,9-10,17H2,1H3. The minimum Gasteiger partial charge on any atom is -0.492 e. The Morgan fingerprint density at radius 1 is 1.45 bits per heavy atom. The molecule has 0 saturated heterocycles. The Bertz CT molecular complexity index is 591. The molecular formula is C16H21N3O. The van der Waals surface area contributed by atoms with E-state index >= 15 is 0 Å². The van der Waals surface area contributed by atoms with Gasteiger partial charge in [0.2, 0.25) is 0 Å². The number of aryl methyl sites for hydroxylation is 2. The van der Waals surface area contributed by atoms with Gasteiger partial charge in [-0.1, -0.05) is 6.07 Å². The van der Waals surface area contributed by atoms with E-state index in [1.54, 1.807) is 0 Å². The highest BCUT2D eigenvalue weighted by atomic mass is 16.5. The van der Waals surface area contributed by atoms with E-state index in [-0.39, 0.29) is 6.04 Å². The Morgan fingerprint density at radius 3 is 3.15 bits per heavy atom. The number of rotatable bonds is 4. The molecule has 2 N–H and O–H groups in total. The topological polar surface area (TPSA) is 53.1 Å². The van der Waals surface area contributed by atoms with Crippen molar-refractivity contribution in [1.82, 2.24) is 9.55 Å². The van der Waals surface area contributed by atoms with Gasteiger partial charge >= 0.3 is 0 Å². The number of benzene rings is 1. The van der Waals surface area contributed by atoms with Crippen molar-refractivity contribution in [2.24, 2.45) is 5.73 Å². The van der Waals surface area contributed by atoms with Crippen molar-refractivity contribution in [3.8, 4) is 5.75 Å². The van der Waals surface area contributed by atoms with E-state index in [0.717, 1.165) is 31.0 Å². The molecule has 0 amide bonds. The molecule has 1 aliphatic carbocycles. The van der Waals surface area contributed by atoms with Gasteiger partial charge in [-0.05, 0) is 49.4 Å². The average Bonchev–Trinajstić information content (AvgIpc) is 2.85. The van der Waals surface area contributed by atoms with Crippen LogP contribution in [0.5, 0.6) is 5.75 Å². The van der Waals surface area contributed by atoms with Gasteiger partial charge < -0.3 is 15.0 Å². The van der Waals surface area contributed by atoms with Crippen LogP contribution in [0.1, 0.15) is 35.8 Å². The predicted molar refractivity (Wildman–Crippen MR) is 78.8 cm³/mol. The molecule has 0 aliphatic heterocycles. The first-order chi connectivity index (χ1) is 9.74. The van der Waals surface area contributed by atoms with Crippen molar-refractivity contribution in [2.45, 2.75) is 38.8 Å². The molecule has 0 fully saturated rings. The summed E-state index contributed by atoms with van der Waals surface area (Å²) in [6.45, 7) is 3.48. The molecule has 0 bridgehead atoms. The zero-order chi connectivity index (χ0) is 13.9. The monoisotopic (exact) mass is 271 g/mol. The van der Waals surface area contributed by atoms with Gasteiger partial charge in [-0.2, -0.15) is 0 Å². The van der Waals surface area contributed by atoms with Crippen LogP contribution in [0, 0.1) is 6.92 Å². The maximum absolute atomic E-state index is 6.13. The van der Waals surface area contributed by atoms with E-state index in [2.05, 4.69) is 21.7 Å². The summed E-state index contributed by atoms with van der Waals surface area (Å²) in [5, 5.41) is 0. The van der Waals surface area contributed by atoms with Gasteiger partial charge in [0.25, 0.3) is 0 Å². The third kappa shape index (κ3) is 2.70. The summed E-state index contributed by atoms with van der Waals surface area (Å²) in [5.74, 6) is 1.96. The third-order valence-electron chi connectivity index (χ3n) is 4.00. The van der Waals surface area contributed by atoms with Crippen LogP contribution in [-0.4, -0.2) is 16.2 Å². The molecule has 1 aromatic heterocycles. The average molecular weight is 271 g/mol. The maximum Gasteiger partial charge on any atom is 0.119 e. The van der Waals surface area contributed by atoms with Gasteiger partial charge in [0, 0.05) is 18.4 Å². The first kappa shape index (κ1) is 13.2. The molecule has 20 heavy (non-hydrogen) atoms. The Labute approximate surface area is 119 Å². The van der Waals surface area contributed by atoms with Crippen LogP contribution >= 0.6 is 0 Å². The van der Waals surface area contributed by atoms with Crippen LogP contribution in [0.3, 0.4) is 0 Å². The number of hydrogen-bond acceptors (Lipinski definition) is 3. The Hall–Kier alpha value is -1.81. The predicted octanol–water partition coefficient (Wildman–Crippen LogP) is 2.61. The van der Waals surface area contributed by atoms with Crippen molar-refractivity contribution in [2.75, 3.05) is 6.61 Å². The quantitative estimate of drug-likeness (QED) is 0.930. The van der Waals surface area contributed by atoms with E-state index in [4.69, 9.17) is 10.5 Å². The van der Waals surface area contributed by atoms with Gasteiger partial charge in [-0.3, -0.25) is 0 Å². The van der Waals surface area contributed by atoms with Crippen molar-refractivity contribution in [3.05, 3.63) is 47.5 Å². The Morgan fingerprint density at radius 2 is 2.35 bits per heavy atom. The Kier molecular flexibility index (Phi) is 3.74.